The minimum atomic E-state index is -3.39. The quantitative estimate of drug-likeness (QED) is 0.711. The van der Waals surface area contributed by atoms with Crippen molar-refractivity contribution in [3.8, 4) is 0 Å². The Labute approximate surface area is 106 Å². The second-order valence-electron chi connectivity index (χ2n) is 4.65. The fourth-order valence-corrected chi connectivity index (χ4v) is 3.87. The molecule has 0 saturated carbocycles. The van der Waals surface area contributed by atoms with E-state index >= 15 is 0 Å². The Morgan fingerprint density at radius 1 is 1.28 bits per heavy atom. The average molecular weight is 275 g/mol. The summed E-state index contributed by atoms with van der Waals surface area (Å²) >= 11 is 0. The molecule has 2 aliphatic rings. The van der Waals surface area contributed by atoms with Gasteiger partial charge >= 0.3 is 5.97 Å². The van der Waals surface area contributed by atoms with Crippen LogP contribution in [0.3, 0.4) is 0 Å². The summed E-state index contributed by atoms with van der Waals surface area (Å²) in [5, 5.41) is 8.41. The minimum absolute atomic E-state index is 0.289. The Bertz CT molecular complexity index is 438. The van der Waals surface area contributed by atoms with Crippen LogP contribution in [0.1, 0.15) is 19.3 Å². The lowest BCUT2D eigenvalue weighted by atomic mass is 10.1. The van der Waals surface area contributed by atoms with Crippen LogP contribution in [0, 0.1) is 5.92 Å². The maximum absolute atomic E-state index is 12.1. The second-order valence-corrected chi connectivity index (χ2v) is 6.64. The van der Waals surface area contributed by atoms with E-state index in [1.165, 1.54) is 0 Å². The van der Waals surface area contributed by atoms with Crippen LogP contribution in [0.25, 0.3) is 0 Å². The van der Waals surface area contributed by atoms with Gasteiger partial charge in [0.05, 0.1) is 11.2 Å². The molecule has 0 aromatic carbocycles. The Morgan fingerprint density at radius 3 is 2.50 bits per heavy atom. The van der Waals surface area contributed by atoms with E-state index in [4.69, 9.17) is 9.84 Å². The van der Waals surface area contributed by atoms with Crippen molar-refractivity contribution in [2.24, 2.45) is 5.92 Å². The summed E-state index contributed by atoms with van der Waals surface area (Å²) < 4.78 is 31.8. The van der Waals surface area contributed by atoms with Gasteiger partial charge in [0.15, 0.2) is 0 Å². The van der Waals surface area contributed by atoms with Crippen molar-refractivity contribution in [2.75, 3.05) is 13.2 Å². The van der Waals surface area contributed by atoms with Crippen LogP contribution in [0.2, 0.25) is 0 Å². The highest BCUT2D eigenvalue weighted by molar-refractivity contribution is 7.90. The highest BCUT2D eigenvalue weighted by atomic mass is 32.2. The molecule has 2 N–H and O–H groups in total. The maximum Gasteiger partial charge on any atom is 0.310 e. The molecule has 1 aliphatic heterocycles. The molecule has 1 aliphatic carbocycles. The third-order valence-corrected chi connectivity index (χ3v) is 5.30. The third-order valence-electron chi connectivity index (χ3n) is 3.32. The average Bonchev–Trinajstić information content (AvgIpc) is 2.78. The first-order chi connectivity index (χ1) is 8.49. The molecule has 1 saturated heterocycles. The van der Waals surface area contributed by atoms with E-state index in [9.17, 15) is 13.2 Å². The highest BCUT2D eigenvalue weighted by Crippen LogP contribution is 2.21. The first-order valence-electron chi connectivity index (χ1n) is 5.99. The molecule has 0 radical (unpaired) electrons. The number of nitrogens with one attached hydrogen (secondary N) is 1. The molecular weight excluding hydrogens is 258 g/mol. The van der Waals surface area contributed by atoms with Gasteiger partial charge in [-0.3, -0.25) is 4.79 Å². The largest absolute Gasteiger partial charge is 0.481 e. The van der Waals surface area contributed by atoms with Crippen LogP contribution in [-0.4, -0.2) is 44.0 Å². The zero-order valence-corrected chi connectivity index (χ0v) is 10.7. The second kappa shape index (κ2) is 5.38. The van der Waals surface area contributed by atoms with Crippen molar-refractivity contribution in [3.63, 3.8) is 0 Å². The minimum Gasteiger partial charge on any atom is -0.481 e. The van der Waals surface area contributed by atoms with Crippen molar-refractivity contribution >= 4 is 16.0 Å². The van der Waals surface area contributed by atoms with Gasteiger partial charge in [0, 0.05) is 19.3 Å². The Balaban J connectivity index is 1.93. The molecular formula is C11H17NO5S. The van der Waals surface area contributed by atoms with Crippen LogP contribution in [-0.2, 0) is 19.6 Å². The molecule has 2 atom stereocenters. The molecule has 1 heterocycles. The van der Waals surface area contributed by atoms with Crippen molar-refractivity contribution < 1.29 is 23.1 Å². The van der Waals surface area contributed by atoms with E-state index in [0.717, 1.165) is 0 Å². The summed E-state index contributed by atoms with van der Waals surface area (Å²) in [5.74, 6) is -1.51. The summed E-state index contributed by atoms with van der Waals surface area (Å²) in [5.41, 5.74) is 0. The van der Waals surface area contributed by atoms with Gasteiger partial charge in [-0.1, -0.05) is 12.2 Å². The zero-order valence-electron chi connectivity index (χ0n) is 9.91. The summed E-state index contributed by atoms with van der Waals surface area (Å²) in [7, 11) is -3.39. The van der Waals surface area contributed by atoms with Crippen LogP contribution in [0.4, 0.5) is 0 Å². The van der Waals surface area contributed by atoms with E-state index in [1.54, 1.807) is 12.2 Å². The number of ether oxygens (including phenoxy) is 1. The normalized spacial score (nSPS) is 29.6. The predicted octanol–water partition coefficient (Wildman–Crippen LogP) is 0.114. The van der Waals surface area contributed by atoms with Crippen LogP contribution < -0.4 is 4.72 Å². The number of hydrogen-bond acceptors (Lipinski definition) is 4. The maximum atomic E-state index is 12.1. The standard InChI is InChI=1S/C11H17NO5S/c13-11(14)8-1-2-9(7-8)12-18(15,16)10-3-5-17-6-4-10/h1-2,8-10,12H,3-7H2,(H,13,14). The molecule has 0 amide bonds. The van der Waals surface area contributed by atoms with Gasteiger partial charge in [0.1, 0.15) is 0 Å². The first-order valence-corrected chi connectivity index (χ1v) is 7.53. The lowest BCUT2D eigenvalue weighted by Crippen LogP contribution is -2.42. The lowest BCUT2D eigenvalue weighted by molar-refractivity contribution is -0.140. The van der Waals surface area contributed by atoms with E-state index in [-0.39, 0.29) is 6.42 Å². The van der Waals surface area contributed by atoms with Gasteiger partial charge < -0.3 is 9.84 Å². The number of carboxylic acid groups (broad SMARTS) is 1. The topological polar surface area (TPSA) is 92.7 Å². The summed E-state index contributed by atoms with van der Waals surface area (Å²) in [6.07, 6.45) is 4.44. The number of aliphatic carboxylic acids is 1. The summed E-state index contributed by atoms with van der Waals surface area (Å²) in [4.78, 5) is 10.8. The molecule has 2 unspecified atom stereocenters. The summed E-state index contributed by atoms with van der Waals surface area (Å²) in [6, 6.07) is -0.404. The molecule has 0 spiro atoms. The Hall–Kier alpha value is -0.920. The van der Waals surface area contributed by atoms with Gasteiger partial charge in [-0.25, -0.2) is 13.1 Å². The molecule has 7 heteroatoms. The SMILES string of the molecule is O=C(O)C1C=CC(NS(=O)(=O)C2CCOCC2)C1. The summed E-state index contributed by atoms with van der Waals surface area (Å²) in [6.45, 7) is 0.924. The molecule has 0 bridgehead atoms. The molecule has 0 aromatic heterocycles. The van der Waals surface area contributed by atoms with Crippen LogP contribution in [0.15, 0.2) is 12.2 Å². The fourth-order valence-electron chi connectivity index (χ4n) is 2.26. The molecule has 0 aromatic rings. The lowest BCUT2D eigenvalue weighted by Gasteiger charge is -2.24. The Kier molecular flexibility index (Phi) is 4.04. The highest BCUT2D eigenvalue weighted by Gasteiger charge is 2.32. The fraction of sp³-hybridized carbons (Fsp3) is 0.727. The van der Waals surface area contributed by atoms with Crippen molar-refractivity contribution in [1.82, 2.24) is 4.72 Å². The monoisotopic (exact) mass is 275 g/mol. The number of carboxylic acids is 1. The molecule has 18 heavy (non-hydrogen) atoms. The number of sulfonamides is 1. The van der Waals surface area contributed by atoms with Gasteiger partial charge in [-0.05, 0) is 19.3 Å². The third kappa shape index (κ3) is 3.09. The van der Waals surface area contributed by atoms with Crippen molar-refractivity contribution in [3.05, 3.63) is 12.2 Å². The smallest absolute Gasteiger partial charge is 0.310 e. The molecule has 102 valence electrons. The van der Waals surface area contributed by atoms with E-state index in [2.05, 4.69) is 4.72 Å². The van der Waals surface area contributed by atoms with Crippen molar-refractivity contribution in [1.29, 1.82) is 0 Å². The molecule has 6 nitrogen and oxygen atoms in total. The first kappa shape index (κ1) is 13.5. The van der Waals surface area contributed by atoms with Gasteiger partial charge in [-0.2, -0.15) is 0 Å². The zero-order chi connectivity index (χ0) is 13.2. The van der Waals surface area contributed by atoms with E-state index in [0.29, 0.717) is 26.1 Å². The molecule has 2 rings (SSSR count). The van der Waals surface area contributed by atoms with E-state index in [1.807, 2.05) is 0 Å². The van der Waals surface area contributed by atoms with Crippen LogP contribution in [0.5, 0.6) is 0 Å². The van der Waals surface area contributed by atoms with Gasteiger partial charge in [0.2, 0.25) is 10.0 Å². The predicted molar refractivity (Wildman–Crippen MR) is 64.6 cm³/mol. The van der Waals surface area contributed by atoms with Gasteiger partial charge in [0.25, 0.3) is 0 Å². The molecule has 1 fully saturated rings. The van der Waals surface area contributed by atoms with Crippen molar-refractivity contribution in [2.45, 2.75) is 30.6 Å². The number of carbonyl (C=O) groups is 1. The number of rotatable bonds is 4. The van der Waals surface area contributed by atoms with Gasteiger partial charge in [-0.15, -0.1) is 0 Å². The van der Waals surface area contributed by atoms with E-state index < -0.39 is 33.2 Å². The Morgan fingerprint density at radius 2 is 1.94 bits per heavy atom. The van der Waals surface area contributed by atoms with Crippen LogP contribution >= 0.6 is 0 Å². The number of hydrogen-bond donors (Lipinski definition) is 2.